The number of amides is 1. The molecule has 1 aliphatic rings. The van der Waals surface area contributed by atoms with Crippen LogP contribution in [0.1, 0.15) is 12.5 Å². The fourth-order valence-corrected chi connectivity index (χ4v) is 3.70. The zero-order chi connectivity index (χ0) is 19.5. The summed E-state index contributed by atoms with van der Waals surface area (Å²) in [6, 6.07) is 18.5. The van der Waals surface area contributed by atoms with Gasteiger partial charge < -0.3 is 10.2 Å². The van der Waals surface area contributed by atoms with E-state index in [0.717, 1.165) is 55.2 Å². The molecule has 0 bridgehead atoms. The topological polar surface area (TPSA) is 48.5 Å². The highest BCUT2D eigenvalue weighted by molar-refractivity contribution is 5.89. The second-order valence-corrected chi connectivity index (χ2v) is 7.52. The molecule has 5 nitrogen and oxygen atoms in total. The van der Waals surface area contributed by atoms with Crippen LogP contribution in [0, 0.1) is 0 Å². The Balaban J connectivity index is 1.66. The van der Waals surface area contributed by atoms with Crippen molar-refractivity contribution in [3.05, 3.63) is 60.2 Å². The lowest BCUT2D eigenvalue weighted by Gasteiger charge is -2.32. The molecule has 2 heterocycles. The van der Waals surface area contributed by atoms with Gasteiger partial charge in [0, 0.05) is 56.3 Å². The molecule has 1 aliphatic heterocycles. The number of nitrogens with zero attached hydrogens (tertiary/aromatic N) is 3. The zero-order valence-electron chi connectivity index (χ0n) is 16.5. The van der Waals surface area contributed by atoms with E-state index in [1.807, 2.05) is 30.3 Å². The number of fused-ring (bicyclic) bond motifs is 1. The smallest absolute Gasteiger partial charge is 0.221 e. The Kier molecular flexibility index (Phi) is 5.37. The Morgan fingerprint density at radius 1 is 1.04 bits per heavy atom. The fourth-order valence-electron chi connectivity index (χ4n) is 3.70. The molecule has 0 aliphatic carbocycles. The Bertz CT molecular complexity index is 976. The van der Waals surface area contributed by atoms with Crippen molar-refractivity contribution in [2.75, 3.05) is 38.5 Å². The van der Waals surface area contributed by atoms with Crippen LogP contribution in [0.25, 0.3) is 22.2 Å². The van der Waals surface area contributed by atoms with E-state index in [2.05, 4.69) is 46.4 Å². The molecule has 0 spiro atoms. The summed E-state index contributed by atoms with van der Waals surface area (Å²) in [6.07, 6.45) is 0. The van der Waals surface area contributed by atoms with E-state index in [1.54, 1.807) is 0 Å². The molecular weight excluding hydrogens is 348 g/mol. The summed E-state index contributed by atoms with van der Waals surface area (Å²) < 4.78 is 0. The minimum atomic E-state index is -0.0638. The van der Waals surface area contributed by atoms with E-state index in [9.17, 15) is 4.79 Å². The number of likely N-dealkylation sites (N-methyl/N-ethyl adjacent to an activating group) is 1. The number of aromatic nitrogens is 1. The van der Waals surface area contributed by atoms with Gasteiger partial charge in [-0.3, -0.25) is 9.69 Å². The molecule has 0 saturated carbocycles. The van der Waals surface area contributed by atoms with Gasteiger partial charge >= 0.3 is 0 Å². The first-order valence-corrected chi connectivity index (χ1v) is 9.76. The van der Waals surface area contributed by atoms with Gasteiger partial charge in [-0.25, -0.2) is 4.98 Å². The highest BCUT2D eigenvalue weighted by atomic mass is 16.1. The summed E-state index contributed by atoms with van der Waals surface area (Å²) in [5.74, 6) is -0.0638. The van der Waals surface area contributed by atoms with Crippen molar-refractivity contribution in [1.82, 2.24) is 14.8 Å². The van der Waals surface area contributed by atoms with Gasteiger partial charge in [0.1, 0.15) is 0 Å². The normalized spacial score (nSPS) is 15.6. The van der Waals surface area contributed by atoms with Crippen LogP contribution in [0.2, 0.25) is 0 Å². The van der Waals surface area contributed by atoms with Gasteiger partial charge in [-0.1, -0.05) is 30.3 Å². The van der Waals surface area contributed by atoms with E-state index < -0.39 is 0 Å². The van der Waals surface area contributed by atoms with Crippen molar-refractivity contribution >= 4 is 22.5 Å². The van der Waals surface area contributed by atoms with Gasteiger partial charge in [-0.2, -0.15) is 0 Å². The fraction of sp³-hybridized carbons (Fsp3) is 0.304. The number of carbonyl (C=O) groups is 1. The van der Waals surface area contributed by atoms with E-state index >= 15 is 0 Å². The first-order chi connectivity index (χ1) is 13.6. The van der Waals surface area contributed by atoms with Crippen LogP contribution in [-0.4, -0.2) is 53.9 Å². The van der Waals surface area contributed by atoms with E-state index in [0.29, 0.717) is 0 Å². The number of para-hydroxylation sites is 1. The van der Waals surface area contributed by atoms with Crippen LogP contribution in [0.4, 0.5) is 5.69 Å². The van der Waals surface area contributed by atoms with Crippen molar-refractivity contribution < 1.29 is 4.79 Å². The van der Waals surface area contributed by atoms with E-state index in [1.165, 1.54) is 17.9 Å². The Morgan fingerprint density at radius 2 is 1.75 bits per heavy atom. The summed E-state index contributed by atoms with van der Waals surface area (Å²) in [4.78, 5) is 21.0. The monoisotopic (exact) mass is 374 g/mol. The third-order valence-electron chi connectivity index (χ3n) is 5.29. The molecule has 1 saturated heterocycles. The highest BCUT2D eigenvalue weighted by Gasteiger charge is 2.16. The molecule has 2 aromatic carbocycles. The Labute approximate surface area is 166 Å². The average molecular weight is 374 g/mol. The molecular formula is C23H26N4O. The van der Waals surface area contributed by atoms with Gasteiger partial charge in [-0.05, 0) is 36.9 Å². The number of benzene rings is 2. The Hall–Kier alpha value is -2.76. The lowest BCUT2D eigenvalue weighted by Crippen LogP contribution is -2.43. The maximum atomic E-state index is 11.2. The standard InChI is InChI=1S/C23H26N4O/c1-17(28)24-20-9-7-18(8-10-20)23-15-19(16-27-13-11-26(2)12-14-27)21-5-3-4-6-22(21)25-23/h3-10,15H,11-14,16H2,1-2H3,(H,24,28). The van der Waals surface area contributed by atoms with Crippen molar-refractivity contribution in [3.63, 3.8) is 0 Å². The quantitative estimate of drug-likeness (QED) is 0.758. The van der Waals surface area contributed by atoms with Crippen LogP contribution in [0.3, 0.4) is 0 Å². The van der Waals surface area contributed by atoms with E-state index in [-0.39, 0.29) is 5.91 Å². The first kappa shape index (κ1) is 18.6. The van der Waals surface area contributed by atoms with Gasteiger partial charge in [0.05, 0.1) is 11.2 Å². The van der Waals surface area contributed by atoms with Gasteiger partial charge in [-0.15, -0.1) is 0 Å². The number of nitrogens with one attached hydrogen (secondary N) is 1. The van der Waals surface area contributed by atoms with Crippen molar-refractivity contribution in [1.29, 1.82) is 0 Å². The zero-order valence-corrected chi connectivity index (χ0v) is 16.5. The van der Waals surface area contributed by atoms with Crippen LogP contribution < -0.4 is 5.32 Å². The van der Waals surface area contributed by atoms with Crippen molar-refractivity contribution in [3.8, 4) is 11.3 Å². The molecule has 5 heteroatoms. The lowest BCUT2D eigenvalue weighted by atomic mass is 10.0. The number of rotatable bonds is 4. The van der Waals surface area contributed by atoms with Crippen LogP contribution in [0.15, 0.2) is 54.6 Å². The van der Waals surface area contributed by atoms with E-state index in [4.69, 9.17) is 4.98 Å². The minimum Gasteiger partial charge on any atom is -0.326 e. The molecule has 1 aromatic heterocycles. The average Bonchev–Trinajstić information content (AvgIpc) is 2.70. The maximum absolute atomic E-state index is 11.2. The lowest BCUT2D eigenvalue weighted by molar-refractivity contribution is -0.114. The third-order valence-corrected chi connectivity index (χ3v) is 5.29. The first-order valence-electron chi connectivity index (χ1n) is 9.76. The van der Waals surface area contributed by atoms with Gasteiger partial charge in [0.15, 0.2) is 0 Å². The van der Waals surface area contributed by atoms with Crippen LogP contribution in [0.5, 0.6) is 0 Å². The summed E-state index contributed by atoms with van der Waals surface area (Å²) in [7, 11) is 2.18. The molecule has 0 atom stereocenters. The number of piperazine rings is 1. The second-order valence-electron chi connectivity index (χ2n) is 7.52. The van der Waals surface area contributed by atoms with Crippen LogP contribution in [-0.2, 0) is 11.3 Å². The molecule has 0 radical (unpaired) electrons. The molecule has 1 amide bonds. The molecule has 144 valence electrons. The summed E-state index contributed by atoms with van der Waals surface area (Å²) in [5, 5.41) is 4.03. The predicted molar refractivity (Wildman–Crippen MR) is 114 cm³/mol. The number of pyridine rings is 1. The van der Waals surface area contributed by atoms with Crippen molar-refractivity contribution in [2.24, 2.45) is 0 Å². The molecule has 1 fully saturated rings. The largest absolute Gasteiger partial charge is 0.326 e. The van der Waals surface area contributed by atoms with Gasteiger partial charge in [0.2, 0.25) is 5.91 Å². The van der Waals surface area contributed by atoms with Crippen molar-refractivity contribution in [2.45, 2.75) is 13.5 Å². The number of hydrogen-bond donors (Lipinski definition) is 1. The summed E-state index contributed by atoms with van der Waals surface area (Å²) >= 11 is 0. The minimum absolute atomic E-state index is 0.0638. The molecule has 1 N–H and O–H groups in total. The SMILES string of the molecule is CC(=O)Nc1ccc(-c2cc(CN3CCN(C)CC3)c3ccccc3n2)cc1. The number of anilines is 1. The molecule has 28 heavy (non-hydrogen) atoms. The molecule has 4 rings (SSSR count). The van der Waals surface area contributed by atoms with Gasteiger partial charge in [0.25, 0.3) is 0 Å². The number of hydrogen-bond acceptors (Lipinski definition) is 4. The summed E-state index contributed by atoms with van der Waals surface area (Å²) in [6.45, 7) is 6.86. The van der Waals surface area contributed by atoms with Crippen LogP contribution >= 0.6 is 0 Å². The molecule has 3 aromatic rings. The molecule has 0 unspecified atom stereocenters. The second kappa shape index (κ2) is 8.09. The Morgan fingerprint density at radius 3 is 2.46 bits per heavy atom. The third kappa shape index (κ3) is 4.21. The number of carbonyl (C=O) groups excluding carboxylic acids is 1. The highest BCUT2D eigenvalue weighted by Crippen LogP contribution is 2.27. The maximum Gasteiger partial charge on any atom is 0.221 e. The predicted octanol–water partition coefficient (Wildman–Crippen LogP) is 3.61. The summed E-state index contributed by atoms with van der Waals surface area (Å²) in [5.41, 5.74) is 5.16.